The van der Waals surface area contributed by atoms with Gasteiger partial charge in [-0.2, -0.15) is 0 Å². The van der Waals surface area contributed by atoms with E-state index in [-0.39, 0.29) is 10.8 Å². The molecule has 0 aliphatic heterocycles. The number of hydrogen-bond donors (Lipinski definition) is 1. The largest absolute Gasteiger partial charge is 0.472 e. The molecule has 0 unspecified atom stereocenters. The maximum atomic E-state index is 13.1. The van der Waals surface area contributed by atoms with Crippen molar-refractivity contribution in [1.29, 1.82) is 0 Å². The maximum Gasteiger partial charge on any atom is 0.142 e. The van der Waals surface area contributed by atoms with Crippen molar-refractivity contribution in [3.63, 3.8) is 0 Å². The fraction of sp³-hybridized carbons (Fsp3) is 0.167. The van der Waals surface area contributed by atoms with E-state index in [4.69, 9.17) is 16.0 Å². The van der Waals surface area contributed by atoms with Crippen molar-refractivity contribution in [3.05, 3.63) is 58.8 Å². The van der Waals surface area contributed by atoms with Crippen LogP contribution in [0, 0.1) is 5.82 Å². The van der Waals surface area contributed by atoms with Crippen LogP contribution in [-0.2, 0) is 13.1 Å². The van der Waals surface area contributed by atoms with Crippen molar-refractivity contribution in [2.45, 2.75) is 13.1 Å². The summed E-state index contributed by atoms with van der Waals surface area (Å²) in [5, 5.41) is 3.33. The molecular weight excluding hydrogens is 229 g/mol. The number of hydrogen-bond acceptors (Lipinski definition) is 2. The molecule has 1 N–H and O–H groups in total. The second kappa shape index (κ2) is 5.14. The zero-order valence-electron chi connectivity index (χ0n) is 8.54. The van der Waals surface area contributed by atoms with Gasteiger partial charge in [0.05, 0.1) is 17.5 Å². The van der Waals surface area contributed by atoms with Gasteiger partial charge in [-0.25, -0.2) is 4.39 Å². The molecule has 2 aromatic rings. The van der Waals surface area contributed by atoms with E-state index in [1.165, 1.54) is 6.07 Å². The topological polar surface area (TPSA) is 25.2 Å². The van der Waals surface area contributed by atoms with Gasteiger partial charge < -0.3 is 9.73 Å². The minimum atomic E-state index is -0.385. The lowest BCUT2D eigenvalue weighted by molar-refractivity contribution is 0.560. The van der Waals surface area contributed by atoms with E-state index in [9.17, 15) is 4.39 Å². The van der Waals surface area contributed by atoms with Crippen LogP contribution in [0.3, 0.4) is 0 Å². The molecule has 1 aromatic heterocycles. The first-order valence-electron chi connectivity index (χ1n) is 4.91. The maximum absolute atomic E-state index is 13.1. The zero-order valence-corrected chi connectivity index (χ0v) is 9.30. The van der Waals surface area contributed by atoms with Crippen molar-refractivity contribution >= 4 is 11.6 Å². The molecule has 0 fully saturated rings. The van der Waals surface area contributed by atoms with Crippen LogP contribution in [-0.4, -0.2) is 0 Å². The summed E-state index contributed by atoms with van der Waals surface area (Å²) in [6.45, 7) is 1.29. The molecule has 0 saturated heterocycles. The Morgan fingerprint density at radius 1 is 1.19 bits per heavy atom. The lowest BCUT2D eigenvalue weighted by Crippen LogP contribution is -2.12. The fourth-order valence-corrected chi connectivity index (χ4v) is 1.51. The highest BCUT2D eigenvalue weighted by atomic mass is 35.5. The van der Waals surface area contributed by atoms with Gasteiger partial charge in [-0.15, -0.1) is 0 Å². The normalized spacial score (nSPS) is 10.6. The number of halogens is 2. The van der Waals surface area contributed by atoms with Gasteiger partial charge in [0.2, 0.25) is 0 Å². The van der Waals surface area contributed by atoms with Gasteiger partial charge in [-0.3, -0.25) is 0 Å². The van der Waals surface area contributed by atoms with Crippen LogP contribution in [0.2, 0.25) is 5.02 Å². The van der Waals surface area contributed by atoms with Crippen molar-refractivity contribution in [1.82, 2.24) is 5.32 Å². The number of nitrogens with one attached hydrogen (secondary N) is 1. The van der Waals surface area contributed by atoms with E-state index in [1.807, 2.05) is 6.07 Å². The Morgan fingerprint density at radius 2 is 2.00 bits per heavy atom. The van der Waals surface area contributed by atoms with Gasteiger partial charge >= 0.3 is 0 Å². The average molecular weight is 240 g/mol. The predicted molar refractivity (Wildman–Crippen MR) is 60.7 cm³/mol. The number of benzene rings is 1. The summed E-state index contributed by atoms with van der Waals surface area (Å²) < 4.78 is 18.0. The van der Waals surface area contributed by atoms with Gasteiger partial charge in [-0.05, 0) is 23.8 Å². The van der Waals surface area contributed by atoms with Gasteiger partial charge in [0.15, 0.2) is 0 Å². The van der Waals surface area contributed by atoms with E-state index in [0.29, 0.717) is 13.1 Å². The van der Waals surface area contributed by atoms with Crippen LogP contribution in [0.5, 0.6) is 0 Å². The van der Waals surface area contributed by atoms with Crippen LogP contribution < -0.4 is 5.32 Å². The zero-order chi connectivity index (χ0) is 11.4. The van der Waals surface area contributed by atoms with Crippen LogP contribution in [0.25, 0.3) is 0 Å². The minimum absolute atomic E-state index is 0.151. The molecule has 0 saturated carbocycles. The Kier molecular flexibility index (Phi) is 3.59. The minimum Gasteiger partial charge on any atom is -0.472 e. The molecule has 84 valence electrons. The molecule has 0 amide bonds. The standard InChI is InChI=1S/C12H11ClFNO/c13-11-2-1-9(5-12(11)14)6-15-7-10-3-4-16-8-10/h1-5,8,15H,6-7H2. The van der Waals surface area contributed by atoms with Crippen molar-refractivity contribution in [3.8, 4) is 0 Å². The molecule has 0 atom stereocenters. The quantitative estimate of drug-likeness (QED) is 0.885. The van der Waals surface area contributed by atoms with E-state index >= 15 is 0 Å². The van der Waals surface area contributed by atoms with Crippen LogP contribution >= 0.6 is 11.6 Å². The second-order valence-corrected chi connectivity index (χ2v) is 3.89. The van der Waals surface area contributed by atoms with Crippen molar-refractivity contribution in [2.24, 2.45) is 0 Å². The molecule has 0 spiro atoms. The first-order valence-corrected chi connectivity index (χ1v) is 5.29. The first kappa shape index (κ1) is 11.2. The lowest BCUT2D eigenvalue weighted by atomic mass is 10.2. The second-order valence-electron chi connectivity index (χ2n) is 3.48. The smallest absolute Gasteiger partial charge is 0.142 e. The summed E-state index contributed by atoms with van der Waals surface area (Å²) >= 11 is 5.59. The molecule has 0 bridgehead atoms. The molecule has 16 heavy (non-hydrogen) atoms. The third-order valence-corrected chi connectivity index (χ3v) is 2.53. The molecule has 1 aromatic carbocycles. The lowest BCUT2D eigenvalue weighted by Gasteiger charge is -2.04. The Labute approximate surface area is 98.0 Å². The Balaban J connectivity index is 1.87. The van der Waals surface area contributed by atoms with Crippen LogP contribution in [0.15, 0.2) is 41.2 Å². The van der Waals surface area contributed by atoms with Gasteiger partial charge in [0, 0.05) is 18.7 Å². The van der Waals surface area contributed by atoms with E-state index < -0.39 is 0 Å². The van der Waals surface area contributed by atoms with Crippen LogP contribution in [0.4, 0.5) is 4.39 Å². The Morgan fingerprint density at radius 3 is 2.69 bits per heavy atom. The molecule has 0 aliphatic carbocycles. The third-order valence-electron chi connectivity index (χ3n) is 2.22. The number of rotatable bonds is 4. The monoisotopic (exact) mass is 239 g/mol. The van der Waals surface area contributed by atoms with Crippen molar-refractivity contribution in [2.75, 3.05) is 0 Å². The summed E-state index contributed by atoms with van der Waals surface area (Å²) in [5.74, 6) is -0.385. The van der Waals surface area contributed by atoms with Gasteiger partial charge in [0.25, 0.3) is 0 Å². The molecule has 0 radical (unpaired) electrons. The Hall–Kier alpha value is -1.32. The van der Waals surface area contributed by atoms with E-state index in [0.717, 1.165) is 11.1 Å². The van der Waals surface area contributed by atoms with Gasteiger partial charge in [0.1, 0.15) is 5.82 Å². The summed E-state index contributed by atoms with van der Waals surface area (Å²) in [5.41, 5.74) is 1.93. The number of furan rings is 1. The summed E-state index contributed by atoms with van der Waals surface area (Å²) in [7, 11) is 0. The molecule has 0 aliphatic rings. The summed E-state index contributed by atoms with van der Waals surface area (Å²) in [4.78, 5) is 0. The van der Waals surface area contributed by atoms with E-state index in [2.05, 4.69) is 5.32 Å². The Bertz CT molecular complexity index is 456. The fourth-order valence-electron chi connectivity index (χ4n) is 1.39. The highest BCUT2D eigenvalue weighted by molar-refractivity contribution is 6.30. The molecule has 4 heteroatoms. The summed E-state index contributed by atoms with van der Waals surface area (Å²) in [6, 6.07) is 6.68. The molecule has 2 nitrogen and oxygen atoms in total. The highest BCUT2D eigenvalue weighted by Crippen LogP contribution is 2.15. The first-order chi connectivity index (χ1) is 7.75. The molecule has 2 rings (SSSR count). The van der Waals surface area contributed by atoms with Gasteiger partial charge in [-0.1, -0.05) is 17.7 Å². The van der Waals surface area contributed by atoms with Crippen molar-refractivity contribution < 1.29 is 8.81 Å². The predicted octanol–water partition coefficient (Wildman–Crippen LogP) is 3.36. The van der Waals surface area contributed by atoms with E-state index in [1.54, 1.807) is 24.7 Å². The van der Waals surface area contributed by atoms with Crippen LogP contribution in [0.1, 0.15) is 11.1 Å². The third kappa shape index (κ3) is 2.84. The SMILES string of the molecule is Fc1cc(CNCc2ccoc2)ccc1Cl. The average Bonchev–Trinajstić information content (AvgIpc) is 2.76. The summed E-state index contributed by atoms with van der Waals surface area (Å²) in [6.07, 6.45) is 3.30. The highest BCUT2D eigenvalue weighted by Gasteiger charge is 2.01. The molecular formula is C12H11ClFNO. The molecule has 1 heterocycles.